The number of nitrogens with two attached hydrogens (primary N) is 1. The highest BCUT2D eigenvalue weighted by Gasteiger charge is 2.22. The molecule has 0 heterocycles. The lowest BCUT2D eigenvalue weighted by molar-refractivity contribution is -0.149. The van der Waals surface area contributed by atoms with Crippen molar-refractivity contribution in [2.45, 2.75) is 26.2 Å². The van der Waals surface area contributed by atoms with Crippen molar-refractivity contribution in [1.82, 2.24) is 0 Å². The molecule has 0 bridgehead atoms. The van der Waals surface area contributed by atoms with Gasteiger partial charge < -0.3 is 19.9 Å². The van der Waals surface area contributed by atoms with Gasteiger partial charge in [-0.3, -0.25) is 0 Å². The first-order valence-electron chi connectivity index (χ1n) is 5.86. The number of hydrogen-bond acceptors (Lipinski definition) is 4. The van der Waals surface area contributed by atoms with E-state index in [-0.39, 0.29) is 6.04 Å². The number of methoxy groups -OCH3 is 1. The Kier molecular flexibility index (Phi) is 5.97. The summed E-state index contributed by atoms with van der Waals surface area (Å²) in [6.45, 7) is 4.96. The van der Waals surface area contributed by atoms with Crippen LogP contribution in [0.3, 0.4) is 0 Å². The summed E-state index contributed by atoms with van der Waals surface area (Å²) in [7, 11) is 1.63. The maximum Gasteiger partial charge on any atom is 0.176 e. The Labute approximate surface area is 103 Å². The quantitative estimate of drug-likeness (QED) is 0.740. The lowest BCUT2D eigenvalue weighted by Crippen LogP contribution is -2.32. The molecular weight excluding hydrogens is 218 g/mol. The molecular formula is C13H21NO3. The minimum Gasteiger partial charge on any atom is -0.496 e. The molecule has 0 saturated heterocycles. The molecule has 2 N–H and O–H groups in total. The summed E-state index contributed by atoms with van der Waals surface area (Å²) in [4.78, 5) is 0. The Morgan fingerprint density at radius 1 is 1.12 bits per heavy atom. The van der Waals surface area contributed by atoms with E-state index < -0.39 is 6.29 Å². The Bertz CT molecular complexity index is 324. The Hall–Kier alpha value is -1.10. The van der Waals surface area contributed by atoms with Crippen LogP contribution in [-0.2, 0) is 9.47 Å². The van der Waals surface area contributed by atoms with Gasteiger partial charge in [0.15, 0.2) is 6.29 Å². The van der Waals surface area contributed by atoms with Crippen LogP contribution in [-0.4, -0.2) is 26.6 Å². The zero-order chi connectivity index (χ0) is 12.7. The summed E-state index contributed by atoms with van der Waals surface area (Å²) in [6.07, 6.45) is -0.443. The fraction of sp³-hybridized carbons (Fsp3) is 0.538. The molecule has 1 aromatic carbocycles. The molecule has 17 heavy (non-hydrogen) atoms. The van der Waals surface area contributed by atoms with Gasteiger partial charge in [0.05, 0.1) is 13.2 Å². The minimum atomic E-state index is -0.443. The van der Waals surface area contributed by atoms with Crippen LogP contribution in [0.25, 0.3) is 0 Å². The SMILES string of the molecule is CCOC(OCC)C(N)c1ccccc1OC. The van der Waals surface area contributed by atoms with E-state index in [1.54, 1.807) is 7.11 Å². The van der Waals surface area contributed by atoms with Gasteiger partial charge in [0.25, 0.3) is 0 Å². The zero-order valence-corrected chi connectivity index (χ0v) is 10.7. The average Bonchev–Trinajstić information content (AvgIpc) is 2.37. The highest BCUT2D eigenvalue weighted by Crippen LogP contribution is 2.26. The molecule has 0 aromatic heterocycles. The predicted octanol–water partition coefficient (Wildman–Crippen LogP) is 2.09. The zero-order valence-electron chi connectivity index (χ0n) is 10.7. The second-order valence-corrected chi connectivity index (χ2v) is 3.55. The summed E-state index contributed by atoms with van der Waals surface area (Å²) in [6, 6.07) is 7.28. The van der Waals surface area contributed by atoms with Gasteiger partial charge in [-0.2, -0.15) is 0 Å². The van der Waals surface area contributed by atoms with Crippen LogP contribution in [0.15, 0.2) is 24.3 Å². The first-order chi connectivity index (χ1) is 8.24. The van der Waals surface area contributed by atoms with Gasteiger partial charge in [-0.25, -0.2) is 0 Å². The predicted molar refractivity (Wildman–Crippen MR) is 67.0 cm³/mol. The molecule has 4 heteroatoms. The summed E-state index contributed by atoms with van der Waals surface area (Å²) < 4.78 is 16.3. The number of para-hydroxylation sites is 1. The number of ether oxygens (including phenoxy) is 3. The van der Waals surface area contributed by atoms with Gasteiger partial charge in [0.2, 0.25) is 0 Å². The highest BCUT2D eigenvalue weighted by atomic mass is 16.7. The second kappa shape index (κ2) is 7.27. The van der Waals surface area contributed by atoms with Crippen LogP contribution in [0.5, 0.6) is 5.75 Å². The van der Waals surface area contributed by atoms with Crippen LogP contribution >= 0.6 is 0 Å². The van der Waals surface area contributed by atoms with Crippen molar-refractivity contribution in [2.24, 2.45) is 5.73 Å². The monoisotopic (exact) mass is 239 g/mol. The molecule has 4 nitrogen and oxygen atoms in total. The number of rotatable bonds is 7. The lowest BCUT2D eigenvalue weighted by atomic mass is 10.1. The third-order valence-corrected chi connectivity index (χ3v) is 2.45. The van der Waals surface area contributed by atoms with E-state index in [1.807, 2.05) is 38.1 Å². The van der Waals surface area contributed by atoms with E-state index in [9.17, 15) is 0 Å². The molecule has 1 aromatic rings. The maximum absolute atomic E-state index is 6.16. The maximum atomic E-state index is 6.16. The van der Waals surface area contributed by atoms with Gasteiger partial charge in [-0.15, -0.1) is 0 Å². The van der Waals surface area contributed by atoms with Crippen molar-refractivity contribution in [3.8, 4) is 5.75 Å². The van der Waals surface area contributed by atoms with Gasteiger partial charge in [0, 0.05) is 18.8 Å². The van der Waals surface area contributed by atoms with Crippen LogP contribution < -0.4 is 10.5 Å². The van der Waals surface area contributed by atoms with Crippen LogP contribution in [0, 0.1) is 0 Å². The molecule has 0 amide bonds. The third-order valence-electron chi connectivity index (χ3n) is 2.45. The molecule has 0 aliphatic carbocycles. The van der Waals surface area contributed by atoms with Crippen molar-refractivity contribution < 1.29 is 14.2 Å². The largest absolute Gasteiger partial charge is 0.496 e. The molecule has 0 saturated carbocycles. The van der Waals surface area contributed by atoms with E-state index in [0.717, 1.165) is 11.3 Å². The van der Waals surface area contributed by atoms with Crippen molar-refractivity contribution in [2.75, 3.05) is 20.3 Å². The van der Waals surface area contributed by atoms with Crippen molar-refractivity contribution in [1.29, 1.82) is 0 Å². The van der Waals surface area contributed by atoms with Gasteiger partial charge in [0.1, 0.15) is 5.75 Å². The first kappa shape index (κ1) is 14.0. The van der Waals surface area contributed by atoms with Crippen LogP contribution in [0.4, 0.5) is 0 Å². The summed E-state index contributed by atoms with van der Waals surface area (Å²) >= 11 is 0. The fourth-order valence-corrected chi connectivity index (χ4v) is 1.67. The number of benzene rings is 1. The Morgan fingerprint density at radius 3 is 2.24 bits per heavy atom. The summed E-state index contributed by atoms with van der Waals surface area (Å²) in [5.74, 6) is 0.754. The van der Waals surface area contributed by atoms with Crippen molar-refractivity contribution in [3.63, 3.8) is 0 Å². The van der Waals surface area contributed by atoms with Gasteiger partial charge in [-0.1, -0.05) is 18.2 Å². The topological polar surface area (TPSA) is 53.7 Å². The van der Waals surface area contributed by atoms with E-state index in [2.05, 4.69) is 0 Å². The molecule has 0 spiro atoms. The summed E-state index contributed by atoms with van der Waals surface area (Å²) in [5.41, 5.74) is 7.05. The lowest BCUT2D eigenvalue weighted by Gasteiger charge is -2.24. The molecule has 0 radical (unpaired) electrons. The molecule has 0 aliphatic rings. The van der Waals surface area contributed by atoms with Crippen molar-refractivity contribution in [3.05, 3.63) is 29.8 Å². The fourth-order valence-electron chi connectivity index (χ4n) is 1.67. The highest BCUT2D eigenvalue weighted by molar-refractivity contribution is 5.36. The van der Waals surface area contributed by atoms with Crippen molar-refractivity contribution >= 4 is 0 Å². The molecule has 96 valence electrons. The minimum absolute atomic E-state index is 0.356. The first-order valence-corrected chi connectivity index (χ1v) is 5.86. The van der Waals surface area contributed by atoms with Crippen LogP contribution in [0.2, 0.25) is 0 Å². The standard InChI is InChI=1S/C13H21NO3/c1-4-16-13(17-5-2)12(14)10-8-6-7-9-11(10)15-3/h6-9,12-13H,4-5,14H2,1-3H3. The van der Waals surface area contributed by atoms with Gasteiger partial charge >= 0.3 is 0 Å². The van der Waals surface area contributed by atoms with E-state index in [1.165, 1.54) is 0 Å². The molecule has 1 rings (SSSR count). The average molecular weight is 239 g/mol. The molecule has 1 unspecified atom stereocenters. The Balaban J connectivity index is 2.87. The summed E-state index contributed by atoms with van der Waals surface area (Å²) in [5, 5.41) is 0. The molecule has 0 aliphatic heterocycles. The smallest absolute Gasteiger partial charge is 0.176 e. The third kappa shape index (κ3) is 3.70. The van der Waals surface area contributed by atoms with Crippen LogP contribution in [0.1, 0.15) is 25.5 Å². The normalized spacial score (nSPS) is 12.8. The molecule has 1 atom stereocenters. The van der Waals surface area contributed by atoms with E-state index in [0.29, 0.717) is 13.2 Å². The van der Waals surface area contributed by atoms with E-state index >= 15 is 0 Å². The Morgan fingerprint density at radius 2 is 1.71 bits per heavy atom. The number of hydrogen-bond donors (Lipinski definition) is 1. The molecule has 0 fully saturated rings. The van der Waals surface area contributed by atoms with E-state index in [4.69, 9.17) is 19.9 Å². The van der Waals surface area contributed by atoms with Gasteiger partial charge in [-0.05, 0) is 19.9 Å². The second-order valence-electron chi connectivity index (χ2n) is 3.55.